The van der Waals surface area contributed by atoms with Crippen LogP contribution in [0.4, 0.5) is 4.39 Å². The molecule has 4 heteroatoms. The van der Waals surface area contributed by atoms with E-state index in [1.165, 1.54) is 26.0 Å². The van der Waals surface area contributed by atoms with Gasteiger partial charge in [0.1, 0.15) is 0 Å². The first-order valence-electron chi connectivity index (χ1n) is 6.78. The van der Waals surface area contributed by atoms with E-state index in [2.05, 4.69) is 18.7 Å². The van der Waals surface area contributed by atoms with Crippen molar-refractivity contribution in [3.8, 4) is 5.75 Å². The number of hydrogen-bond donors (Lipinski definition) is 1. The van der Waals surface area contributed by atoms with Crippen molar-refractivity contribution >= 4 is 0 Å². The molecule has 1 atom stereocenters. The van der Waals surface area contributed by atoms with Crippen LogP contribution >= 0.6 is 0 Å². The second kappa shape index (κ2) is 5.47. The Bertz CT molecular complexity index is 448. The molecule has 0 bridgehead atoms. The molecule has 1 aromatic carbocycles. The predicted octanol–water partition coefficient (Wildman–Crippen LogP) is 2.71. The molecule has 0 aromatic heterocycles. The van der Waals surface area contributed by atoms with E-state index in [0.717, 1.165) is 18.7 Å². The second-order valence-electron chi connectivity index (χ2n) is 5.86. The lowest BCUT2D eigenvalue weighted by molar-refractivity contribution is 0.165. The molecule has 0 spiro atoms. The van der Waals surface area contributed by atoms with Gasteiger partial charge in [-0.15, -0.1) is 0 Å². The number of halogens is 1. The molecule has 0 radical (unpaired) electrons. The Morgan fingerprint density at radius 2 is 2.21 bits per heavy atom. The molecule has 1 aliphatic rings. The summed E-state index contributed by atoms with van der Waals surface area (Å²) in [5.41, 5.74) is 7.22. The van der Waals surface area contributed by atoms with E-state index >= 15 is 0 Å². The highest BCUT2D eigenvalue weighted by Crippen LogP contribution is 2.30. The number of methoxy groups -OCH3 is 1. The highest BCUT2D eigenvalue weighted by atomic mass is 19.1. The van der Waals surface area contributed by atoms with E-state index < -0.39 is 0 Å². The number of likely N-dealkylation sites (tertiary alicyclic amines) is 1. The fourth-order valence-electron chi connectivity index (χ4n) is 2.76. The van der Waals surface area contributed by atoms with E-state index in [-0.39, 0.29) is 23.1 Å². The molecule has 106 valence electrons. The van der Waals surface area contributed by atoms with Crippen molar-refractivity contribution in [1.82, 2.24) is 4.90 Å². The highest BCUT2D eigenvalue weighted by Gasteiger charge is 2.32. The van der Waals surface area contributed by atoms with Crippen molar-refractivity contribution in [3.05, 3.63) is 29.6 Å². The molecule has 0 saturated carbocycles. The number of nitrogens with zero attached hydrogens (tertiary/aromatic N) is 1. The van der Waals surface area contributed by atoms with E-state index in [4.69, 9.17) is 10.5 Å². The van der Waals surface area contributed by atoms with Crippen LogP contribution < -0.4 is 10.5 Å². The maximum absolute atomic E-state index is 13.7. The third-order valence-electron chi connectivity index (χ3n) is 4.09. The molecule has 1 unspecified atom stereocenters. The first-order chi connectivity index (χ1) is 8.94. The van der Waals surface area contributed by atoms with Crippen LogP contribution in [0.15, 0.2) is 18.2 Å². The van der Waals surface area contributed by atoms with Crippen LogP contribution in [0.5, 0.6) is 5.75 Å². The summed E-state index contributed by atoms with van der Waals surface area (Å²) in [4.78, 5) is 2.39. The van der Waals surface area contributed by atoms with Crippen molar-refractivity contribution < 1.29 is 9.13 Å². The summed E-state index contributed by atoms with van der Waals surface area (Å²) in [6, 6.07) is 4.79. The zero-order valence-electron chi connectivity index (χ0n) is 11.9. The first kappa shape index (κ1) is 14.3. The van der Waals surface area contributed by atoms with Crippen molar-refractivity contribution in [2.45, 2.75) is 38.3 Å². The minimum atomic E-state index is -0.351. The van der Waals surface area contributed by atoms with Crippen LogP contribution in [0.25, 0.3) is 0 Å². The quantitative estimate of drug-likeness (QED) is 0.910. The maximum atomic E-state index is 13.7. The molecule has 1 aliphatic heterocycles. The van der Waals surface area contributed by atoms with Crippen LogP contribution in [0, 0.1) is 5.82 Å². The number of hydrogen-bond acceptors (Lipinski definition) is 3. The standard InChI is InChI=1S/C15H23FN2O/c1-15(2)7-4-8-18(15)10-13(17)11-5-6-14(19-3)12(16)9-11/h5-6,9,13H,4,7-8,10,17H2,1-3H3. The van der Waals surface area contributed by atoms with Gasteiger partial charge in [0.2, 0.25) is 0 Å². The van der Waals surface area contributed by atoms with Crippen LogP contribution in [-0.2, 0) is 0 Å². The van der Waals surface area contributed by atoms with Crippen LogP contribution in [0.3, 0.4) is 0 Å². The fraction of sp³-hybridized carbons (Fsp3) is 0.600. The molecule has 2 rings (SSSR count). The van der Waals surface area contributed by atoms with Gasteiger partial charge in [0.25, 0.3) is 0 Å². The Labute approximate surface area is 114 Å². The second-order valence-corrected chi connectivity index (χ2v) is 5.86. The summed E-state index contributed by atoms with van der Waals surface area (Å²) in [6.07, 6.45) is 2.40. The van der Waals surface area contributed by atoms with Gasteiger partial charge in [-0.2, -0.15) is 0 Å². The van der Waals surface area contributed by atoms with Crippen LogP contribution in [-0.4, -0.2) is 30.6 Å². The zero-order chi connectivity index (χ0) is 14.0. The van der Waals surface area contributed by atoms with Crippen molar-refractivity contribution in [3.63, 3.8) is 0 Å². The molecule has 1 heterocycles. The molecular weight excluding hydrogens is 243 g/mol. The summed E-state index contributed by atoms with van der Waals surface area (Å²) in [6.45, 7) is 6.31. The van der Waals surface area contributed by atoms with Crippen molar-refractivity contribution in [1.29, 1.82) is 0 Å². The normalized spacial score (nSPS) is 20.5. The van der Waals surface area contributed by atoms with Crippen LogP contribution in [0.2, 0.25) is 0 Å². The molecule has 1 saturated heterocycles. The van der Waals surface area contributed by atoms with Gasteiger partial charge < -0.3 is 10.5 Å². The number of rotatable bonds is 4. The van der Waals surface area contributed by atoms with Gasteiger partial charge in [-0.1, -0.05) is 6.07 Å². The molecule has 0 amide bonds. The highest BCUT2D eigenvalue weighted by molar-refractivity contribution is 5.31. The minimum absolute atomic E-state index is 0.169. The van der Waals surface area contributed by atoms with E-state index in [1.54, 1.807) is 6.07 Å². The third kappa shape index (κ3) is 3.07. The number of benzene rings is 1. The fourth-order valence-corrected chi connectivity index (χ4v) is 2.76. The molecule has 0 aliphatic carbocycles. The van der Waals surface area contributed by atoms with Crippen molar-refractivity contribution in [2.75, 3.05) is 20.2 Å². The Morgan fingerprint density at radius 1 is 1.47 bits per heavy atom. The Morgan fingerprint density at radius 3 is 2.74 bits per heavy atom. The zero-order valence-corrected chi connectivity index (χ0v) is 11.9. The van der Waals surface area contributed by atoms with Gasteiger partial charge in [-0.25, -0.2) is 4.39 Å². The average Bonchev–Trinajstić information content (AvgIpc) is 2.68. The smallest absolute Gasteiger partial charge is 0.165 e. The van der Waals surface area contributed by atoms with Gasteiger partial charge in [-0.3, -0.25) is 4.90 Å². The van der Waals surface area contributed by atoms with E-state index in [9.17, 15) is 4.39 Å². The minimum Gasteiger partial charge on any atom is -0.494 e. The first-order valence-corrected chi connectivity index (χ1v) is 6.78. The maximum Gasteiger partial charge on any atom is 0.165 e. The Hall–Kier alpha value is -1.13. The third-order valence-corrected chi connectivity index (χ3v) is 4.09. The lowest BCUT2D eigenvalue weighted by Crippen LogP contribution is -2.42. The summed E-state index contributed by atoms with van der Waals surface area (Å²) in [5, 5.41) is 0. The molecular formula is C15H23FN2O. The van der Waals surface area contributed by atoms with Gasteiger partial charge in [0.15, 0.2) is 11.6 Å². The summed E-state index contributed by atoms with van der Waals surface area (Å²) in [5.74, 6) is -0.0893. The predicted molar refractivity (Wildman–Crippen MR) is 74.8 cm³/mol. The molecule has 19 heavy (non-hydrogen) atoms. The van der Waals surface area contributed by atoms with Gasteiger partial charge >= 0.3 is 0 Å². The molecule has 2 N–H and O–H groups in total. The van der Waals surface area contributed by atoms with Crippen molar-refractivity contribution in [2.24, 2.45) is 5.73 Å². The number of ether oxygens (including phenoxy) is 1. The average molecular weight is 266 g/mol. The van der Waals surface area contributed by atoms with E-state index in [1.807, 2.05) is 6.07 Å². The van der Waals surface area contributed by atoms with E-state index in [0.29, 0.717) is 0 Å². The van der Waals surface area contributed by atoms with Gasteiger partial charge in [0.05, 0.1) is 7.11 Å². The van der Waals surface area contributed by atoms with Crippen LogP contribution in [0.1, 0.15) is 38.3 Å². The topological polar surface area (TPSA) is 38.5 Å². The van der Waals surface area contributed by atoms with Gasteiger partial charge in [-0.05, 0) is 50.9 Å². The largest absolute Gasteiger partial charge is 0.494 e. The summed E-state index contributed by atoms with van der Waals surface area (Å²) < 4.78 is 18.6. The molecule has 1 aromatic rings. The molecule has 1 fully saturated rings. The Balaban J connectivity index is 2.07. The molecule has 3 nitrogen and oxygen atoms in total. The Kier molecular flexibility index (Phi) is 4.11. The monoisotopic (exact) mass is 266 g/mol. The summed E-state index contributed by atoms with van der Waals surface area (Å²) in [7, 11) is 1.46. The van der Waals surface area contributed by atoms with Gasteiger partial charge in [0, 0.05) is 18.1 Å². The number of nitrogens with two attached hydrogens (primary N) is 1. The SMILES string of the molecule is COc1ccc(C(N)CN2CCCC2(C)C)cc1F. The lowest BCUT2D eigenvalue weighted by Gasteiger charge is -2.33. The summed E-state index contributed by atoms with van der Waals surface area (Å²) >= 11 is 0. The lowest BCUT2D eigenvalue weighted by atomic mass is 10.0.